The van der Waals surface area contributed by atoms with E-state index in [4.69, 9.17) is 5.11 Å². The van der Waals surface area contributed by atoms with Gasteiger partial charge < -0.3 is 5.11 Å². The van der Waals surface area contributed by atoms with E-state index in [2.05, 4.69) is 0 Å². The van der Waals surface area contributed by atoms with E-state index in [1.807, 2.05) is 0 Å². The molecule has 2 heteroatoms. The van der Waals surface area contributed by atoms with Gasteiger partial charge in [-0.15, -0.1) is 0 Å². The second-order valence-corrected chi connectivity index (χ2v) is 4.65. The zero-order chi connectivity index (χ0) is 9.26. The molecule has 0 bridgehead atoms. The quantitative estimate of drug-likeness (QED) is 0.677. The van der Waals surface area contributed by atoms with Gasteiger partial charge in [0, 0.05) is 0 Å². The van der Waals surface area contributed by atoms with Crippen molar-refractivity contribution in [1.82, 2.24) is 0 Å². The first kappa shape index (κ1) is 9.04. The average Bonchev–Trinajstić information content (AvgIpc) is 2.17. The number of carboxylic acids is 1. The predicted molar refractivity (Wildman–Crippen MR) is 50.4 cm³/mol. The smallest absolute Gasteiger partial charge is 0.306 e. The summed E-state index contributed by atoms with van der Waals surface area (Å²) in [5.41, 5.74) is 0. The van der Waals surface area contributed by atoms with Crippen LogP contribution in [0.3, 0.4) is 0 Å². The Morgan fingerprint density at radius 1 is 1.00 bits per heavy atom. The van der Waals surface area contributed by atoms with Gasteiger partial charge in [-0.25, -0.2) is 0 Å². The van der Waals surface area contributed by atoms with Crippen molar-refractivity contribution in [2.45, 2.75) is 44.9 Å². The van der Waals surface area contributed by atoms with Crippen molar-refractivity contribution in [3.05, 3.63) is 0 Å². The number of carbonyl (C=O) groups is 1. The van der Waals surface area contributed by atoms with Crippen molar-refractivity contribution in [3.8, 4) is 0 Å². The summed E-state index contributed by atoms with van der Waals surface area (Å²) in [4.78, 5) is 10.8. The number of carboxylic acid groups (broad SMARTS) is 1. The lowest BCUT2D eigenvalue weighted by Crippen LogP contribution is -2.31. The fraction of sp³-hybridized carbons (Fsp3) is 0.909. The topological polar surface area (TPSA) is 37.3 Å². The van der Waals surface area contributed by atoms with Crippen LogP contribution in [0.25, 0.3) is 0 Å². The number of aliphatic carboxylic acids is 1. The Balaban J connectivity index is 1.95. The molecule has 3 atom stereocenters. The van der Waals surface area contributed by atoms with E-state index in [1.165, 1.54) is 32.1 Å². The van der Waals surface area contributed by atoms with Crippen molar-refractivity contribution < 1.29 is 9.90 Å². The number of hydrogen-bond acceptors (Lipinski definition) is 1. The lowest BCUT2D eigenvalue weighted by molar-refractivity contribution is -0.144. The lowest BCUT2D eigenvalue weighted by atomic mass is 9.67. The van der Waals surface area contributed by atoms with Crippen LogP contribution in [0.5, 0.6) is 0 Å². The number of hydrogen-bond donors (Lipinski definition) is 1. The highest BCUT2D eigenvalue weighted by molar-refractivity contribution is 5.70. The third kappa shape index (κ3) is 1.87. The summed E-state index contributed by atoms with van der Waals surface area (Å²) in [5.74, 6) is 1.01. The van der Waals surface area contributed by atoms with Crippen molar-refractivity contribution in [3.63, 3.8) is 0 Å². The van der Waals surface area contributed by atoms with Crippen molar-refractivity contribution in [1.29, 1.82) is 0 Å². The molecular weight excluding hydrogens is 164 g/mol. The van der Waals surface area contributed by atoms with Gasteiger partial charge in [0.05, 0.1) is 5.92 Å². The molecular formula is C11H18O2. The summed E-state index contributed by atoms with van der Waals surface area (Å²) in [5, 5.41) is 8.93. The average molecular weight is 182 g/mol. The van der Waals surface area contributed by atoms with E-state index in [1.54, 1.807) is 0 Å². The molecule has 0 radical (unpaired) electrons. The number of rotatable bonds is 1. The first-order valence-electron chi connectivity index (χ1n) is 5.50. The van der Waals surface area contributed by atoms with Crippen molar-refractivity contribution in [2.24, 2.45) is 17.8 Å². The van der Waals surface area contributed by atoms with Gasteiger partial charge in [-0.1, -0.05) is 25.7 Å². The Hall–Kier alpha value is -0.530. The lowest BCUT2D eigenvalue weighted by Gasteiger charge is -2.37. The summed E-state index contributed by atoms with van der Waals surface area (Å²) in [6.07, 6.45) is 8.40. The minimum Gasteiger partial charge on any atom is -0.481 e. The first-order chi connectivity index (χ1) is 6.27. The molecule has 2 fully saturated rings. The van der Waals surface area contributed by atoms with Gasteiger partial charge in [-0.3, -0.25) is 4.79 Å². The Morgan fingerprint density at radius 3 is 2.38 bits per heavy atom. The Labute approximate surface area is 79.3 Å². The van der Waals surface area contributed by atoms with E-state index in [0.717, 1.165) is 24.7 Å². The van der Waals surface area contributed by atoms with E-state index in [9.17, 15) is 4.79 Å². The molecule has 0 heterocycles. The van der Waals surface area contributed by atoms with Gasteiger partial charge >= 0.3 is 5.97 Å². The van der Waals surface area contributed by atoms with Gasteiger partial charge in [-0.2, -0.15) is 0 Å². The molecule has 1 N–H and O–H groups in total. The molecule has 0 aromatic rings. The molecule has 2 rings (SSSR count). The third-order valence-electron chi connectivity index (χ3n) is 3.89. The minimum atomic E-state index is -0.566. The summed E-state index contributed by atoms with van der Waals surface area (Å²) in [7, 11) is 0. The summed E-state index contributed by atoms with van der Waals surface area (Å²) in [6.45, 7) is 0. The minimum absolute atomic E-state index is 0.0284. The van der Waals surface area contributed by atoms with E-state index < -0.39 is 5.97 Å². The van der Waals surface area contributed by atoms with Crippen LogP contribution in [0, 0.1) is 17.8 Å². The van der Waals surface area contributed by atoms with Crippen molar-refractivity contribution in [2.75, 3.05) is 0 Å². The van der Waals surface area contributed by atoms with Gasteiger partial charge in [-0.05, 0) is 31.1 Å². The normalized spacial score (nSPS) is 39.5. The zero-order valence-electron chi connectivity index (χ0n) is 8.04. The molecule has 0 aromatic carbocycles. The molecule has 2 saturated carbocycles. The summed E-state index contributed by atoms with van der Waals surface area (Å²) >= 11 is 0. The third-order valence-corrected chi connectivity index (χ3v) is 3.89. The molecule has 0 saturated heterocycles. The standard InChI is InChI=1S/C11H18O2/c12-11(13)10-6-5-8-3-1-2-4-9(8)7-10/h8-10H,1-7H2,(H,12,13)/t8-,9+,10-/m0/s1. The molecule has 2 aliphatic carbocycles. The van der Waals surface area contributed by atoms with Crippen LogP contribution in [0.15, 0.2) is 0 Å². The van der Waals surface area contributed by atoms with Crippen LogP contribution in [0.4, 0.5) is 0 Å². The van der Waals surface area contributed by atoms with Crippen LogP contribution in [-0.2, 0) is 4.79 Å². The molecule has 2 aliphatic rings. The Morgan fingerprint density at radius 2 is 1.69 bits per heavy atom. The van der Waals surface area contributed by atoms with Crippen LogP contribution in [0.1, 0.15) is 44.9 Å². The SMILES string of the molecule is O=C(O)[C@H]1CC[C@@H]2CCCC[C@@H]2C1. The maximum Gasteiger partial charge on any atom is 0.306 e. The molecule has 0 spiro atoms. The van der Waals surface area contributed by atoms with Gasteiger partial charge in [0.25, 0.3) is 0 Å². The van der Waals surface area contributed by atoms with Gasteiger partial charge in [0.15, 0.2) is 0 Å². The largest absolute Gasteiger partial charge is 0.481 e. The van der Waals surface area contributed by atoms with Crippen LogP contribution in [-0.4, -0.2) is 11.1 Å². The monoisotopic (exact) mass is 182 g/mol. The molecule has 2 nitrogen and oxygen atoms in total. The van der Waals surface area contributed by atoms with Crippen LogP contribution < -0.4 is 0 Å². The fourth-order valence-electron chi connectivity index (χ4n) is 3.10. The number of fused-ring (bicyclic) bond motifs is 1. The summed E-state index contributed by atoms with van der Waals surface area (Å²) < 4.78 is 0. The van der Waals surface area contributed by atoms with Gasteiger partial charge in [0.1, 0.15) is 0 Å². The molecule has 74 valence electrons. The fourth-order valence-corrected chi connectivity index (χ4v) is 3.10. The van der Waals surface area contributed by atoms with Crippen molar-refractivity contribution >= 4 is 5.97 Å². The highest BCUT2D eigenvalue weighted by atomic mass is 16.4. The van der Waals surface area contributed by atoms with Crippen LogP contribution >= 0.6 is 0 Å². The molecule has 0 aromatic heterocycles. The highest BCUT2D eigenvalue weighted by Gasteiger charge is 2.34. The first-order valence-corrected chi connectivity index (χ1v) is 5.50. The van der Waals surface area contributed by atoms with E-state index in [-0.39, 0.29) is 5.92 Å². The second kappa shape index (κ2) is 3.69. The maximum absolute atomic E-state index is 10.8. The molecule has 0 aliphatic heterocycles. The highest BCUT2D eigenvalue weighted by Crippen LogP contribution is 2.42. The molecule has 13 heavy (non-hydrogen) atoms. The Bertz CT molecular complexity index is 200. The van der Waals surface area contributed by atoms with Gasteiger partial charge in [0.2, 0.25) is 0 Å². The summed E-state index contributed by atoms with van der Waals surface area (Å²) in [6, 6.07) is 0. The molecule has 0 unspecified atom stereocenters. The second-order valence-electron chi connectivity index (χ2n) is 4.65. The zero-order valence-corrected chi connectivity index (χ0v) is 8.04. The van der Waals surface area contributed by atoms with Crippen LogP contribution in [0.2, 0.25) is 0 Å². The Kier molecular flexibility index (Phi) is 2.56. The predicted octanol–water partition coefficient (Wildman–Crippen LogP) is 2.68. The van der Waals surface area contributed by atoms with E-state index >= 15 is 0 Å². The molecule has 0 amide bonds. The maximum atomic E-state index is 10.8. The van der Waals surface area contributed by atoms with E-state index in [0.29, 0.717) is 0 Å².